The van der Waals surface area contributed by atoms with Crippen LogP contribution in [0.1, 0.15) is 19.3 Å². The summed E-state index contributed by atoms with van der Waals surface area (Å²) in [5.74, 6) is 3.81. The molecule has 0 aromatic carbocycles. The molecule has 0 atom stereocenters. The lowest BCUT2D eigenvalue weighted by atomic mass is 10.5. The number of nitrogens with one attached hydrogen (secondary N) is 2. The van der Waals surface area contributed by atoms with Crippen molar-refractivity contribution in [2.45, 2.75) is 19.3 Å². The Morgan fingerprint density at radius 3 is 1.62 bits per heavy atom. The molecule has 0 aromatic heterocycles. The van der Waals surface area contributed by atoms with Crippen LogP contribution in [-0.2, 0) is 19.1 Å². The molecule has 0 heterocycles. The maximum absolute atomic E-state index is 11.3. The van der Waals surface area contributed by atoms with E-state index in [9.17, 15) is 9.59 Å². The van der Waals surface area contributed by atoms with Crippen LogP contribution < -0.4 is 10.6 Å². The zero-order chi connectivity index (χ0) is 15.8. The normalized spacial score (nSPS) is 10.4. The molecule has 0 aliphatic heterocycles. The van der Waals surface area contributed by atoms with Gasteiger partial charge >= 0.3 is 0 Å². The number of amides is 2. The van der Waals surface area contributed by atoms with Crippen LogP contribution in [0, 0.1) is 0 Å². The second-order valence-electron chi connectivity index (χ2n) is 4.14. The zero-order valence-electron chi connectivity index (χ0n) is 12.8. The summed E-state index contributed by atoms with van der Waals surface area (Å²) >= 11 is 3.56. The van der Waals surface area contributed by atoms with Crippen LogP contribution in [0.3, 0.4) is 0 Å². The molecule has 0 fully saturated rings. The summed E-state index contributed by atoms with van der Waals surface area (Å²) in [5.41, 5.74) is 0. The number of hydrogen-bond donors (Lipinski definition) is 2. The van der Waals surface area contributed by atoms with Crippen molar-refractivity contribution < 1.29 is 19.1 Å². The summed E-state index contributed by atoms with van der Waals surface area (Å²) in [7, 11) is 3.10. The van der Waals surface area contributed by atoms with E-state index < -0.39 is 0 Å². The average molecular weight is 338 g/mol. The van der Waals surface area contributed by atoms with Crippen molar-refractivity contribution >= 4 is 35.3 Å². The smallest absolute Gasteiger partial charge is 0.222 e. The van der Waals surface area contributed by atoms with Crippen molar-refractivity contribution in [3.63, 3.8) is 0 Å². The average Bonchev–Trinajstić information content (AvgIpc) is 2.49. The van der Waals surface area contributed by atoms with Crippen LogP contribution in [0.25, 0.3) is 0 Å². The number of hydrogen-bond acceptors (Lipinski definition) is 6. The molecule has 124 valence electrons. The summed E-state index contributed by atoms with van der Waals surface area (Å²) in [6.45, 7) is 0.552. The van der Waals surface area contributed by atoms with Gasteiger partial charge in [-0.1, -0.05) is 0 Å². The molecule has 21 heavy (non-hydrogen) atoms. The van der Waals surface area contributed by atoms with Crippen molar-refractivity contribution in [3.05, 3.63) is 0 Å². The van der Waals surface area contributed by atoms with E-state index in [0.717, 1.165) is 29.4 Å². The first-order valence-corrected chi connectivity index (χ1v) is 9.18. The molecular formula is C13H26N2O4S2. The second kappa shape index (κ2) is 15.9. The topological polar surface area (TPSA) is 76.7 Å². The Balaban J connectivity index is 3.19. The third-order valence-corrected chi connectivity index (χ3v) is 4.49. The Bertz CT molecular complexity index is 255. The molecular weight excluding hydrogens is 312 g/mol. The van der Waals surface area contributed by atoms with Gasteiger partial charge in [0.1, 0.15) is 13.5 Å². The third kappa shape index (κ3) is 15.8. The van der Waals surface area contributed by atoms with E-state index in [0.29, 0.717) is 12.8 Å². The van der Waals surface area contributed by atoms with Crippen molar-refractivity contribution in [2.24, 2.45) is 0 Å². The van der Waals surface area contributed by atoms with Crippen molar-refractivity contribution in [3.8, 4) is 0 Å². The molecule has 2 N–H and O–H groups in total. The largest absolute Gasteiger partial charge is 0.364 e. The van der Waals surface area contributed by atoms with E-state index in [-0.39, 0.29) is 25.3 Å². The maximum Gasteiger partial charge on any atom is 0.222 e. The summed E-state index contributed by atoms with van der Waals surface area (Å²) in [6.07, 6.45) is 2.15. The minimum absolute atomic E-state index is 0.0285. The van der Waals surface area contributed by atoms with Gasteiger partial charge in [0.05, 0.1) is 0 Å². The molecule has 0 bridgehead atoms. The molecule has 0 aromatic rings. The van der Waals surface area contributed by atoms with Crippen LogP contribution in [0.4, 0.5) is 0 Å². The molecule has 2 amide bonds. The van der Waals surface area contributed by atoms with Gasteiger partial charge in [0.15, 0.2) is 0 Å². The van der Waals surface area contributed by atoms with Crippen LogP contribution in [0.2, 0.25) is 0 Å². The fourth-order valence-corrected chi connectivity index (χ4v) is 3.23. The molecule has 0 spiro atoms. The molecule has 6 nitrogen and oxygen atoms in total. The summed E-state index contributed by atoms with van der Waals surface area (Å²) in [4.78, 5) is 22.5. The molecule has 0 radical (unpaired) electrons. The van der Waals surface area contributed by atoms with Gasteiger partial charge in [-0.3, -0.25) is 9.59 Å². The van der Waals surface area contributed by atoms with Gasteiger partial charge in [0.25, 0.3) is 0 Å². The number of ether oxygens (including phenoxy) is 2. The van der Waals surface area contributed by atoms with Crippen LogP contribution in [0.15, 0.2) is 0 Å². The first-order chi connectivity index (χ1) is 10.2. The third-order valence-electron chi connectivity index (χ3n) is 2.35. The van der Waals surface area contributed by atoms with Crippen molar-refractivity contribution in [1.29, 1.82) is 0 Å². The predicted octanol–water partition coefficient (Wildman–Crippen LogP) is 1.06. The summed E-state index contributed by atoms with van der Waals surface area (Å²) in [6, 6.07) is 0. The van der Waals surface area contributed by atoms with E-state index in [1.54, 1.807) is 37.7 Å². The van der Waals surface area contributed by atoms with E-state index in [1.165, 1.54) is 0 Å². The SMILES string of the molecule is COCNC(=O)CCSCCCSCCC(=O)NCOC. The number of rotatable bonds is 14. The highest BCUT2D eigenvalue weighted by Crippen LogP contribution is 2.10. The molecule has 0 rings (SSSR count). The highest BCUT2D eigenvalue weighted by atomic mass is 32.2. The highest BCUT2D eigenvalue weighted by molar-refractivity contribution is 8.00. The molecule has 0 saturated carbocycles. The van der Waals surface area contributed by atoms with E-state index in [1.807, 2.05) is 0 Å². The van der Waals surface area contributed by atoms with Gasteiger partial charge in [-0.15, -0.1) is 0 Å². The number of carbonyl (C=O) groups excluding carboxylic acids is 2. The molecule has 0 aliphatic carbocycles. The van der Waals surface area contributed by atoms with Crippen molar-refractivity contribution in [1.82, 2.24) is 10.6 Å². The Morgan fingerprint density at radius 2 is 1.24 bits per heavy atom. The second-order valence-corrected chi connectivity index (χ2v) is 6.59. The standard InChI is InChI=1S/C13H26N2O4S2/c1-18-10-14-12(16)4-8-20-6-3-7-21-9-5-13(17)15-11-19-2/h3-11H2,1-2H3,(H,14,16)(H,15,17). The lowest BCUT2D eigenvalue weighted by Crippen LogP contribution is -2.25. The monoisotopic (exact) mass is 338 g/mol. The first-order valence-electron chi connectivity index (χ1n) is 6.87. The Kier molecular flexibility index (Phi) is 15.6. The van der Waals surface area contributed by atoms with Gasteiger partial charge in [-0.25, -0.2) is 0 Å². The van der Waals surface area contributed by atoms with Gasteiger partial charge in [-0.2, -0.15) is 23.5 Å². The number of thioether (sulfide) groups is 2. The van der Waals surface area contributed by atoms with Gasteiger partial charge < -0.3 is 20.1 Å². The minimum atomic E-state index is 0.0285. The molecule has 0 aliphatic rings. The lowest BCUT2D eigenvalue weighted by molar-refractivity contribution is -0.122. The molecule has 8 heteroatoms. The minimum Gasteiger partial charge on any atom is -0.364 e. The summed E-state index contributed by atoms with van der Waals surface area (Å²) in [5, 5.41) is 5.30. The lowest BCUT2D eigenvalue weighted by Gasteiger charge is -2.05. The van der Waals surface area contributed by atoms with Crippen LogP contribution in [0.5, 0.6) is 0 Å². The van der Waals surface area contributed by atoms with Crippen LogP contribution in [-0.4, -0.2) is 62.5 Å². The first kappa shape index (κ1) is 20.6. The van der Waals surface area contributed by atoms with E-state index in [4.69, 9.17) is 9.47 Å². The highest BCUT2D eigenvalue weighted by Gasteiger charge is 2.01. The summed E-state index contributed by atoms with van der Waals surface area (Å²) < 4.78 is 9.51. The molecule has 0 saturated heterocycles. The van der Waals surface area contributed by atoms with Gasteiger partial charge in [0.2, 0.25) is 11.8 Å². The van der Waals surface area contributed by atoms with Gasteiger partial charge in [-0.05, 0) is 17.9 Å². The number of methoxy groups -OCH3 is 2. The van der Waals surface area contributed by atoms with Crippen LogP contribution >= 0.6 is 23.5 Å². The number of carbonyl (C=O) groups is 2. The van der Waals surface area contributed by atoms with E-state index >= 15 is 0 Å². The Hall–Kier alpha value is -0.440. The zero-order valence-corrected chi connectivity index (χ0v) is 14.4. The predicted molar refractivity (Wildman–Crippen MR) is 88.5 cm³/mol. The van der Waals surface area contributed by atoms with Crippen molar-refractivity contribution in [2.75, 3.05) is 50.7 Å². The fraction of sp³-hybridized carbons (Fsp3) is 0.846. The quantitative estimate of drug-likeness (QED) is 0.364. The Labute approximate surface area is 135 Å². The fourth-order valence-electron chi connectivity index (χ4n) is 1.28. The van der Waals surface area contributed by atoms with Gasteiger partial charge in [0, 0.05) is 38.6 Å². The Morgan fingerprint density at radius 1 is 0.810 bits per heavy atom. The van der Waals surface area contributed by atoms with E-state index in [2.05, 4.69) is 10.6 Å². The molecule has 0 unspecified atom stereocenters. The maximum atomic E-state index is 11.3.